The summed E-state index contributed by atoms with van der Waals surface area (Å²) in [6, 6.07) is 15.3. The number of ether oxygens (including phenoxy) is 2. The fourth-order valence-corrected chi connectivity index (χ4v) is 5.82. The van der Waals surface area contributed by atoms with E-state index in [2.05, 4.69) is 0 Å². The van der Waals surface area contributed by atoms with Crippen LogP contribution in [0, 0.1) is 5.92 Å². The minimum absolute atomic E-state index is 0.143. The maximum atomic E-state index is 13.0. The van der Waals surface area contributed by atoms with Gasteiger partial charge in [0.15, 0.2) is 0 Å². The Kier molecular flexibility index (Phi) is 6.83. The monoisotopic (exact) mass is 458 g/mol. The molecule has 1 unspecified atom stereocenters. The minimum atomic E-state index is -0.676. The van der Waals surface area contributed by atoms with E-state index in [1.54, 1.807) is 7.11 Å². The molecule has 1 N–H and O–H groups in total. The fraction of sp³-hybridized carbons (Fsp3) is 0.400. The Morgan fingerprint density at radius 1 is 1.19 bits per heavy atom. The van der Waals surface area contributed by atoms with Crippen LogP contribution in [0.25, 0.3) is 0 Å². The van der Waals surface area contributed by atoms with E-state index in [9.17, 15) is 9.90 Å². The third kappa shape index (κ3) is 4.88. The highest BCUT2D eigenvalue weighted by atomic mass is 35.5. The fourth-order valence-electron chi connectivity index (χ4n) is 4.70. The molecule has 2 aliphatic rings. The van der Waals surface area contributed by atoms with Crippen LogP contribution in [-0.2, 0) is 16.0 Å². The van der Waals surface area contributed by atoms with Gasteiger partial charge in [0.1, 0.15) is 22.0 Å². The van der Waals surface area contributed by atoms with E-state index in [0.717, 1.165) is 36.1 Å². The molecular formula is C25H27ClO4S. The van der Waals surface area contributed by atoms with Crippen molar-refractivity contribution in [2.24, 2.45) is 5.92 Å². The molecule has 4 nitrogen and oxygen atoms in total. The van der Waals surface area contributed by atoms with Crippen LogP contribution in [0.15, 0.2) is 64.1 Å². The third-order valence-electron chi connectivity index (χ3n) is 6.33. The van der Waals surface area contributed by atoms with Crippen molar-refractivity contribution < 1.29 is 19.4 Å². The molecule has 164 valence electrons. The summed E-state index contributed by atoms with van der Waals surface area (Å²) >= 11 is 7.56. The van der Waals surface area contributed by atoms with Crippen LogP contribution in [0.4, 0.5) is 0 Å². The van der Waals surface area contributed by atoms with E-state index in [4.69, 9.17) is 21.1 Å². The smallest absolute Gasteiger partial charge is 0.349 e. The number of thioether (sulfide) groups is 1. The van der Waals surface area contributed by atoms with Crippen molar-refractivity contribution in [2.45, 2.75) is 55.4 Å². The first-order chi connectivity index (χ1) is 15.0. The van der Waals surface area contributed by atoms with Gasteiger partial charge < -0.3 is 14.6 Å². The zero-order valence-electron chi connectivity index (χ0n) is 17.6. The number of rotatable bonds is 7. The number of halogens is 1. The Morgan fingerprint density at radius 3 is 2.58 bits per heavy atom. The summed E-state index contributed by atoms with van der Waals surface area (Å²) in [5.74, 6) is 0.626. The summed E-state index contributed by atoms with van der Waals surface area (Å²) in [5.41, 5.74) is 0.386. The normalized spacial score (nSPS) is 21.9. The molecule has 0 radical (unpaired) electrons. The Labute approximate surface area is 192 Å². The Balaban J connectivity index is 1.57. The van der Waals surface area contributed by atoms with Gasteiger partial charge in [-0.1, -0.05) is 60.5 Å². The highest BCUT2D eigenvalue weighted by Crippen LogP contribution is 2.48. The summed E-state index contributed by atoms with van der Waals surface area (Å²) in [6.07, 6.45) is 6.03. The standard InChI is InChI=1S/C25H27ClO4S/c1-29-22-12-11-17(15-20(22)26)13-14-25(18-7-5-6-8-18)16-21(27)23(24(28)30-25)31-19-9-3-2-4-10-19/h2-4,9-12,15,18,27H,5-8,13-14,16H2,1H3. The molecule has 2 aromatic rings. The van der Waals surface area contributed by atoms with Crippen molar-refractivity contribution in [3.8, 4) is 5.75 Å². The largest absolute Gasteiger partial charge is 0.511 e. The molecular weight excluding hydrogens is 432 g/mol. The number of esters is 1. The van der Waals surface area contributed by atoms with Crippen LogP contribution in [0.1, 0.15) is 44.1 Å². The van der Waals surface area contributed by atoms with E-state index < -0.39 is 11.6 Å². The van der Waals surface area contributed by atoms with Crippen molar-refractivity contribution in [2.75, 3.05) is 7.11 Å². The zero-order chi connectivity index (χ0) is 21.8. The Morgan fingerprint density at radius 2 is 1.94 bits per heavy atom. The first kappa shape index (κ1) is 22.1. The molecule has 4 rings (SSSR count). The molecule has 1 aliphatic carbocycles. The molecule has 1 saturated carbocycles. The van der Waals surface area contributed by atoms with Crippen molar-refractivity contribution >= 4 is 29.3 Å². The molecule has 31 heavy (non-hydrogen) atoms. The molecule has 0 amide bonds. The molecule has 1 aliphatic heterocycles. The molecule has 0 aromatic heterocycles. The van der Waals surface area contributed by atoms with Crippen molar-refractivity contribution in [3.05, 3.63) is 69.8 Å². The number of hydrogen-bond acceptors (Lipinski definition) is 5. The van der Waals surface area contributed by atoms with Crippen LogP contribution >= 0.6 is 23.4 Å². The van der Waals surface area contributed by atoms with Gasteiger partial charge in [0, 0.05) is 11.3 Å². The maximum absolute atomic E-state index is 13.0. The summed E-state index contributed by atoms with van der Waals surface area (Å²) in [5, 5.41) is 11.5. The van der Waals surface area contributed by atoms with Gasteiger partial charge in [0.05, 0.1) is 12.1 Å². The molecule has 1 heterocycles. The van der Waals surface area contributed by atoms with Gasteiger partial charge in [0.25, 0.3) is 0 Å². The van der Waals surface area contributed by atoms with Gasteiger partial charge >= 0.3 is 5.97 Å². The average Bonchev–Trinajstić information content (AvgIpc) is 3.31. The third-order valence-corrected chi connectivity index (χ3v) is 7.74. The lowest BCUT2D eigenvalue weighted by Gasteiger charge is -2.41. The van der Waals surface area contributed by atoms with Crippen molar-refractivity contribution in [1.29, 1.82) is 0 Å². The summed E-state index contributed by atoms with van der Waals surface area (Å²) < 4.78 is 11.4. The Hall–Kier alpha value is -2.11. The van der Waals surface area contributed by atoms with Crippen LogP contribution in [-0.4, -0.2) is 23.8 Å². The van der Waals surface area contributed by atoms with E-state index in [-0.39, 0.29) is 11.7 Å². The van der Waals surface area contributed by atoms with Crippen LogP contribution < -0.4 is 4.74 Å². The van der Waals surface area contributed by atoms with E-state index in [0.29, 0.717) is 34.9 Å². The van der Waals surface area contributed by atoms with Gasteiger partial charge in [-0.25, -0.2) is 4.79 Å². The minimum Gasteiger partial charge on any atom is -0.511 e. The maximum Gasteiger partial charge on any atom is 0.349 e. The highest BCUT2D eigenvalue weighted by Gasteiger charge is 2.48. The van der Waals surface area contributed by atoms with Crippen molar-refractivity contribution in [1.82, 2.24) is 0 Å². The number of methoxy groups -OCH3 is 1. The predicted molar refractivity (Wildman–Crippen MR) is 124 cm³/mol. The SMILES string of the molecule is COc1ccc(CCC2(C3CCCC3)CC(O)=C(Sc3ccccc3)C(=O)O2)cc1Cl. The number of hydrogen-bond donors (Lipinski definition) is 1. The number of carbonyl (C=O) groups excluding carboxylic acids is 1. The van der Waals surface area contributed by atoms with Gasteiger partial charge in [-0.2, -0.15) is 0 Å². The van der Waals surface area contributed by atoms with Gasteiger partial charge in [-0.15, -0.1) is 0 Å². The van der Waals surface area contributed by atoms with Crippen LogP contribution in [0.5, 0.6) is 5.75 Å². The average molecular weight is 459 g/mol. The highest BCUT2D eigenvalue weighted by molar-refractivity contribution is 8.04. The van der Waals surface area contributed by atoms with E-state index in [1.807, 2.05) is 48.5 Å². The quantitative estimate of drug-likeness (QED) is 0.467. The van der Waals surface area contributed by atoms with Crippen LogP contribution in [0.3, 0.4) is 0 Å². The summed E-state index contributed by atoms with van der Waals surface area (Å²) in [7, 11) is 1.59. The first-order valence-corrected chi connectivity index (χ1v) is 11.9. The number of aryl methyl sites for hydroxylation is 1. The van der Waals surface area contributed by atoms with Crippen molar-refractivity contribution in [3.63, 3.8) is 0 Å². The lowest BCUT2D eigenvalue weighted by Crippen LogP contribution is -2.45. The molecule has 2 aromatic carbocycles. The number of benzene rings is 2. The number of aliphatic hydroxyl groups is 1. The molecule has 0 bridgehead atoms. The topological polar surface area (TPSA) is 55.8 Å². The lowest BCUT2D eigenvalue weighted by atomic mass is 9.77. The molecule has 1 fully saturated rings. The number of carbonyl (C=O) groups is 1. The zero-order valence-corrected chi connectivity index (χ0v) is 19.2. The first-order valence-electron chi connectivity index (χ1n) is 10.7. The summed E-state index contributed by atoms with van der Waals surface area (Å²) in [4.78, 5) is 14.2. The second-order valence-corrected chi connectivity index (χ2v) is 9.76. The second-order valence-electron chi connectivity index (χ2n) is 8.27. The summed E-state index contributed by atoms with van der Waals surface area (Å²) in [6.45, 7) is 0. The van der Waals surface area contributed by atoms with E-state index >= 15 is 0 Å². The molecule has 6 heteroatoms. The van der Waals surface area contributed by atoms with Gasteiger partial charge in [-0.05, 0) is 61.4 Å². The number of cyclic esters (lactones) is 1. The van der Waals surface area contributed by atoms with Gasteiger partial charge in [0.2, 0.25) is 0 Å². The van der Waals surface area contributed by atoms with Crippen LogP contribution in [0.2, 0.25) is 5.02 Å². The van der Waals surface area contributed by atoms with Gasteiger partial charge in [-0.3, -0.25) is 0 Å². The van der Waals surface area contributed by atoms with E-state index in [1.165, 1.54) is 11.8 Å². The molecule has 0 saturated heterocycles. The number of aliphatic hydroxyl groups excluding tert-OH is 1. The second kappa shape index (κ2) is 9.58. The molecule has 1 atom stereocenters. The Bertz CT molecular complexity index is 969. The predicted octanol–water partition coefficient (Wildman–Crippen LogP) is 6.72. The molecule has 0 spiro atoms. The lowest BCUT2D eigenvalue weighted by molar-refractivity contribution is -0.166.